The highest BCUT2D eigenvalue weighted by Crippen LogP contribution is 2.23. The van der Waals surface area contributed by atoms with Gasteiger partial charge in [-0.25, -0.2) is 0 Å². The van der Waals surface area contributed by atoms with Crippen LogP contribution in [0.3, 0.4) is 0 Å². The van der Waals surface area contributed by atoms with Crippen molar-refractivity contribution in [3.8, 4) is 0 Å². The molecule has 0 saturated carbocycles. The van der Waals surface area contributed by atoms with Crippen LogP contribution < -0.4 is 11.5 Å². The van der Waals surface area contributed by atoms with Gasteiger partial charge in [0, 0.05) is 24.5 Å². The minimum Gasteiger partial charge on any atom is -0.469 e. The third kappa shape index (κ3) is 2.62. The van der Waals surface area contributed by atoms with Crippen molar-refractivity contribution in [1.82, 2.24) is 4.90 Å². The zero-order valence-electron chi connectivity index (χ0n) is 10.8. The molecule has 0 bridgehead atoms. The normalized spacial score (nSPS) is 18.4. The summed E-state index contributed by atoms with van der Waals surface area (Å²) in [7, 11) is 1.35. The van der Waals surface area contributed by atoms with Crippen molar-refractivity contribution in [3.63, 3.8) is 0 Å². The maximum absolute atomic E-state index is 12.3. The van der Waals surface area contributed by atoms with E-state index in [0.29, 0.717) is 36.4 Å². The van der Waals surface area contributed by atoms with Crippen LogP contribution in [0.2, 0.25) is 0 Å². The largest absolute Gasteiger partial charge is 0.469 e. The first-order chi connectivity index (χ1) is 9.02. The lowest BCUT2D eigenvalue weighted by atomic mass is 10.1. The fraction of sp³-hybridized carbons (Fsp3) is 0.385. The molecule has 1 saturated heterocycles. The van der Waals surface area contributed by atoms with Gasteiger partial charge in [0.25, 0.3) is 5.91 Å². The number of esters is 1. The van der Waals surface area contributed by atoms with Crippen LogP contribution in [0.15, 0.2) is 18.2 Å². The minimum atomic E-state index is -0.277. The molecule has 0 aromatic heterocycles. The van der Waals surface area contributed by atoms with Crippen LogP contribution in [0.25, 0.3) is 0 Å². The van der Waals surface area contributed by atoms with Gasteiger partial charge in [-0.3, -0.25) is 9.59 Å². The summed E-state index contributed by atoms with van der Waals surface area (Å²) < 4.78 is 4.69. The molecule has 6 heteroatoms. The molecule has 0 spiro atoms. The van der Waals surface area contributed by atoms with E-state index in [2.05, 4.69) is 4.74 Å². The van der Waals surface area contributed by atoms with Crippen molar-refractivity contribution in [2.24, 2.45) is 5.92 Å². The number of amides is 1. The Hall–Kier alpha value is -2.24. The first kappa shape index (κ1) is 13.2. The number of ether oxygens (including phenoxy) is 1. The van der Waals surface area contributed by atoms with Gasteiger partial charge in [0.2, 0.25) is 0 Å². The summed E-state index contributed by atoms with van der Waals surface area (Å²) in [5.41, 5.74) is 12.7. The number of hydrogen-bond acceptors (Lipinski definition) is 5. The molecule has 1 aromatic carbocycles. The van der Waals surface area contributed by atoms with Gasteiger partial charge < -0.3 is 21.1 Å². The van der Waals surface area contributed by atoms with E-state index in [1.54, 1.807) is 23.1 Å². The van der Waals surface area contributed by atoms with Crippen molar-refractivity contribution < 1.29 is 14.3 Å². The number of hydrogen-bond donors (Lipinski definition) is 2. The predicted octanol–water partition coefficient (Wildman–Crippen LogP) is 0.486. The topological polar surface area (TPSA) is 98.6 Å². The molecule has 1 fully saturated rings. The fourth-order valence-corrected chi connectivity index (χ4v) is 2.25. The highest BCUT2D eigenvalue weighted by atomic mass is 16.5. The van der Waals surface area contributed by atoms with E-state index in [1.165, 1.54) is 7.11 Å². The second kappa shape index (κ2) is 5.17. The molecule has 0 aliphatic carbocycles. The number of rotatable bonds is 2. The first-order valence-corrected chi connectivity index (χ1v) is 6.05. The van der Waals surface area contributed by atoms with Crippen molar-refractivity contribution in [1.29, 1.82) is 0 Å². The average Bonchev–Trinajstić information content (AvgIpc) is 2.86. The zero-order chi connectivity index (χ0) is 14.0. The van der Waals surface area contributed by atoms with Crippen molar-refractivity contribution >= 4 is 23.3 Å². The molecule has 4 N–H and O–H groups in total. The van der Waals surface area contributed by atoms with Gasteiger partial charge in [-0.2, -0.15) is 0 Å². The molecular weight excluding hydrogens is 246 g/mol. The monoisotopic (exact) mass is 263 g/mol. The summed E-state index contributed by atoms with van der Waals surface area (Å²) in [5.74, 6) is -0.701. The highest BCUT2D eigenvalue weighted by molar-refractivity contribution is 6.00. The summed E-state index contributed by atoms with van der Waals surface area (Å²) in [5, 5.41) is 0. The molecule has 1 aliphatic heterocycles. The zero-order valence-corrected chi connectivity index (χ0v) is 10.8. The van der Waals surface area contributed by atoms with Crippen LogP contribution in [0.4, 0.5) is 11.4 Å². The first-order valence-electron chi connectivity index (χ1n) is 6.05. The average molecular weight is 263 g/mol. The van der Waals surface area contributed by atoms with Gasteiger partial charge in [0.05, 0.1) is 18.6 Å². The number of nitrogen functional groups attached to an aromatic ring is 2. The van der Waals surface area contributed by atoms with E-state index in [-0.39, 0.29) is 17.8 Å². The van der Waals surface area contributed by atoms with Crippen LogP contribution in [-0.4, -0.2) is 37.0 Å². The van der Waals surface area contributed by atoms with Gasteiger partial charge in [-0.15, -0.1) is 0 Å². The standard InChI is InChI=1S/C13H17N3O3/c1-19-13(18)8-4-5-16(7-8)12(17)10-3-2-9(14)6-11(10)15/h2-3,6,8H,4-5,7,14-15H2,1H3. The molecule has 1 unspecified atom stereocenters. The van der Waals surface area contributed by atoms with Crippen LogP contribution in [-0.2, 0) is 9.53 Å². The van der Waals surface area contributed by atoms with E-state index >= 15 is 0 Å². The molecule has 2 rings (SSSR count). The van der Waals surface area contributed by atoms with Gasteiger partial charge in [0.1, 0.15) is 0 Å². The maximum Gasteiger partial charge on any atom is 0.310 e. The second-order valence-electron chi connectivity index (χ2n) is 4.61. The molecule has 1 atom stereocenters. The minimum absolute atomic E-state index is 0.177. The van der Waals surface area contributed by atoms with E-state index < -0.39 is 0 Å². The van der Waals surface area contributed by atoms with E-state index in [4.69, 9.17) is 11.5 Å². The lowest BCUT2D eigenvalue weighted by molar-refractivity contribution is -0.144. The molecule has 1 amide bonds. The van der Waals surface area contributed by atoms with Crippen molar-refractivity contribution in [2.45, 2.75) is 6.42 Å². The molecule has 1 heterocycles. The number of likely N-dealkylation sites (tertiary alicyclic amines) is 1. The Morgan fingerprint density at radius 3 is 2.74 bits per heavy atom. The summed E-state index contributed by atoms with van der Waals surface area (Å²) >= 11 is 0. The Morgan fingerprint density at radius 2 is 2.11 bits per heavy atom. The number of carbonyl (C=O) groups excluding carboxylic acids is 2. The molecular formula is C13H17N3O3. The predicted molar refractivity (Wildman–Crippen MR) is 71.3 cm³/mol. The highest BCUT2D eigenvalue weighted by Gasteiger charge is 2.32. The van der Waals surface area contributed by atoms with Gasteiger partial charge >= 0.3 is 5.97 Å². The van der Waals surface area contributed by atoms with Crippen LogP contribution in [0.1, 0.15) is 16.8 Å². The molecule has 102 valence electrons. The summed E-state index contributed by atoms with van der Waals surface area (Å²) in [6, 6.07) is 4.80. The third-order valence-corrected chi connectivity index (χ3v) is 3.32. The Bertz CT molecular complexity index is 516. The van der Waals surface area contributed by atoms with Crippen LogP contribution in [0.5, 0.6) is 0 Å². The van der Waals surface area contributed by atoms with Gasteiger partial charge in [-0.1, -0.05) is 0 Å². The van der Waals surface area contributed by atoms with E-state index in [0.717, 1.165) is 0 Å². The Balaban J connectivity index is 2.11. The Labute approximate surface area is 111 Å². The Morgan fingerprint density at radius 1 is 1.37 bits per heavy atom. The second-order valence-corrected chi connectivity index (χ2v) is 4.61. The number of anilines is 2. The number of nitrogens with two attached hydrogens (primary N) is 2. The van der Waals surface area contributed by atoms with Crippen LogP contribution in [0, 0.1) is 5.92 Å². The smallest absolute Gasteiger partial charge is 0.310 e. The number of benzene rings is 1. The quantitative estimate of drug-likeness (QED) is 0.597. The summed E-state index contributed by atoms with van der Waals surface area (Å²) in [6.07, 6.45) is 0.618. The number of nitrogens with zero attached hydrogens (tertiary/aromatic N) is 1. The number of methoxy groups -OCH3 is 1. The molecule has 6 nitrogen and oxygen atoms in total. The fourth-order valence-electron chi connectivity index (χ4n) is 2.25. The van der Waals surface area contributed by atoms with Crippen molar-refractivity contribution in [3.05, 3.63) is 23.8 Å². The third-order valence-electron chi connectivity index (χ3n) is 3.32. The van der Waals surface area contributed by atoms with Gasteiger partial charge in [0.15, 0.2) is 0 Å². The molecule has 1 aliphatic rings. The lowest BCUT2D eigenvalue weighted by Gasteiger charge is -2.17. The SMILES string of the molecule is COC(=O)C1CCN(C(=O)c2ccc(N)cc2N)C1. The molecule has 19 heavy (non-hydrogen) atoms. The molecule has 1 aromatic rings. The van der Waals surface area contributed by atoms with E-state index in [1.807, 2.05) is 0 Å². The van der Waals surface area contributed by atoms with Gasteiger partial charge in [-0.05, 0) is 24.6 Å². The van der Waals surface area contributed by atoms with E-state index in [9.17, 15) is 9.59 Å². The Kier molecular flexibility index (Phi) is 3.59. The summed E-state index contributed by atoms with van der Waals surface area (Å²) in [6.45, 7) is 0.901. The lowest BCUT2D eigenvalue weighted by Crippen LogP contribution is -2.30. The maximum atomic E-state index is 12.3. The van der Waals surface area contributed by atoms with Crippen molar-refractivity contribution in [2.75, 3.05) is 31.7 Å². The number of carbonyl (C=O) groups is 2. The summed E-state index contributed by atoms with van der Waals surface area (Å²) in [4.78, 5) is 25.3. The van der Waals surface area contributed by atoms with Crippen LogP contribution >= 0.6 is 0 Å². The molecule has 0 radical (unpaired) electrons.